The molecule has 0 bridgehead atoms. The number of halogens is 1. The summed E-state index contributed by atoms with van der Waals surface area (Å²) in [5.74, 6) is 0.841. The summed E-state index contributed by atoms with van der Waals surface area (Å²) < 4.78 is 5.35. The molecule has 0 spiro atoms. The Labute approximate surface area is 113 Å². The van der Waals surface area contributed by atoms with Crippen LogP contribution in [0.4, 0.5) is 0 Å². The minimum absolute atomic E-state index is 0.111. The fourth-order valence-corrected chi connectivity index (χ4v) is 2.27. The number of hydrogen-bond donors (Lipinski definition) is 2. The molecule has 2 N–H and O–H groups in total. The van der Waals surface area contributed by atoms with Crippen LogP contribution in [0, 0.1) is 5.41 Å². The van der Waals surface area contributed by atoms with E-state index in [-0.39, 0.29) is 18.1 Å². The first-order chi connectivity index (χ1) is 8.60. The number of nitrogens with one attached hydrogen (secondary N) is 1. The van der Waals surface area contributed by atoms with Crippen molar-refractivity contribution in [1.29, 1.82) is 0 Å². The van der Waals surface area contributed by atoms with Crippen LogP contribution in [0.15, 0.2) is 18.2 Å². The van der Waals surface area contributed by atoms with Gasteiger partial charge in [0.1, 0.15) is 5.75 Å². The third-order valence-electron chi connectivity index (χ3n) is 3.73. The van der Waals surface area contributed by atoms with Crippen LogP contribution in [-0.4, -0.2) is 25.4 Å². The van der Waals surface area contributed by atoms with Gasteiger partial charge in [-0.1, -0.05) is 11.6 Å². The molecule has 1 unspecified atom stereocenters. The monoisotopic (exact) mass is 269 g/mol. The summed E-state index contributed by atoms with van der Waals surface area (Å²) in [6, 6.07) is 5.79. The minimum Gasteiger partial charge on any atom is -0.496 e. The predicted octanol–water partition coefficient (Wildman–Crippen LogP) is 2.77. The van der Waals surface area contributed by atoms with E-state index < -0.39 is 0 Å². The second-order valence-corrected chi connectivity index (χ2v) is 5.58. The number of ether oxygens (including phenoxy) is 1. The van der Waals surface area contributed by atoms with E-state index in [1.165, 1.54) is 0 Å². The van der Waals surface area contributed by atoms with Crippen molar-refractivity contribution in [2.45, 2.75) is 25.8 Å². The molecule has 100 valence electrons. The first kappa shape index (κ1) is 13.7. The standard InChI is InChI=1S/C14H20ClNO2/c1-10(16-8-14(9-17)5-6-14)12-7-11(15)3-4-13(12)18-2/h3-4,7,10,16-17H,5-6,8-9H2,1-2H3. The van der Waals surface area contributed by atoms with Crippen molar-refractivity contribution in [2.24, 2.45) is 5.41 Å². The van der Waals surface area contributed by atoms with E-state index in [0.29, 0.717) is 5.02 Å². The zero-order valence-corrected chi connectivity index (χ0v) is 11.6. The van der Waals surface area contributed by atoms with Gasteiger partial charge in [-0.25, -0.2) is 0 Å². The molecule has 1 aliphatic rings. The number of aliphatic hydroxyl groups excluding tert-OH is 1. The van der Waals surface area contributed by atoms with Crippen LogP contribution < -0.4 is 10.1 Å². The highest BCUT2D eigenvalue weighted by Gasteiger charge is 2.41. The van der Waals surface area contributed by atoms with Gasteiger partial charge < -0.3 is 15.2 Å². The quantitative estimate of drug-likeness (QED) is 0.834. The van der Waals surface area contributed by atoms with Gasteiger partial charge in [-0.3, -0.25) is 0 Å². The van der Waals surface area contributed by atoms with Crippen molar-refractivity contribution in [1.82, 2.24) is 5.32 Å². The molecule has 1 aliphatic carbocycles. The Bertz CT molecular complexity index is 418. The molecule has 0 aromatic heterocycles. The third-order valence-corrected chi connectivity index (χ3v) is 3.97. The molecule has 2 rings (SSSR count). The lowest BCUT2D eigenvalue weighted by Crippen LogP contribution is -2.29. The lowest BCUT2D eigenvalue weighted by atomic mass is 10.0. The highest BCUT2D eigenvalue weighted by atomic mass is 35.5. The van der Waals surface area contributed by atoms with E-state index in [9.17, 15) is 5.11 Å². The van der Waals surface area contributed by atoms with E-state index in [1.807, 2.05) is 18.2 Å². The van der Waals surface area contributed by atoms with Gasteiger partial charge in [-0.15, -0.1) is 0 Å². The maximum atomic E-state index is 9.30. The first-order valence-electron chi connectivity index (χ1n) is 6.28. The van der Waals surface area contributed by atoms with E-state index >= 15 is 0 Å². The van der Waals surface area contributed by atoms with E-state index in [0.717, 1.165) is 30.7 Å². The Kier molecular flexibility index (Phi) is 4.15. The maximum Gasteiger partial charge on any atom is 0.123 e. The fraction of sp³-hybridized carbons (Fsp3) is 0.571. The number of aliphatic hydroxyl groups is 1. The molecular formula is C14H20ClNO2. The van der Waals surface area contributed by atoms with Crippen molar-refractivity contribution in [3.63, 3.8) is 0 Å². The van der Waals surface area contributed by atoms with Gasteiger partial charge in [0.05, 0.1) is 7.11 Å². The summed E-state index contributed by atoms with van der Waals surface area (Å²) in [7, 11) is 1.66. The molecule has 18 heavy (non-hydrogen) atoms. The summed E-state index contributed by atoms with van der Waals surface area (Å²) in [4.78, 5) is 0. The highest BCUT2D eigenvalue weighted by Crippen LogP contribution is 2.44. The first-order valence-corrected chi connectivity index (χ1v) is 6.66. The topological polar surface area (TPSA) is 41.5 Å². The van der Waals surface area contributed by atoms with Gasteiger partial charge in [0.2, 0.25) is 0 Å². The number of benzene rings is 1. The molecule has 4 heteroatoms. The Balaban J connectivity index is 2.03. The van der Waals surface area contributed by atoms with Crippen LogP contribution in [0.25, 0.3) is 0 Å². The molecule has 0 aliphatic heterocycles. The smallest absolute Gasteiger partial charge is 0.123 e. The van der Waals surface area contributed by atoms with Crippen molar-refractivity contribution in [2.75, 3.05) is 20.3 Å². The Hall–Kier alpha value is -0.770. The summed E-state index contributed by atoms with van der Waals surface area (Å²) in [5.41, 5.74) is 1.17. The number of rotatable bonds is 6. The zero-order valence-electron chi connectivity index (χ0n) is 10.9. The van der Waals surface area contributed by atoms with Crippen molar-refractivity contribution >= 4 is 11.6 Å². The normalized spacial score (nSPS) is 18.4. The van der Waals surface area contributed by atoms with E-state index in [2.05, 4.69) is 12.2 Å². The third kappa shape index (κ3) is 2.97. The van der Waals surface area contributed by atoms with Gasteiger partial charge in [0.25, 0.3) is 0 Å². The second kappa shape index (κ2) is 5.47. The predicted molar refractivity (Wildman–Crippen MR) is 73.2 cm³/mol. The Morgan fingerprint density at radius 3 is 2.78 bits per heavy atom. The highest BCUT2D eigenvalue weighted by molar-refractivity contribution is 6.30. The summed E-state index contributed by atoms with van der Waals surface area (Å²) in [6.45, 7) is 3.18. The summed E-state index contributed by atoms with van der Waals surface area (Å²) in [6.07, 6.45) is 2.21. The lowest BCUT2D eigenvalue weighted by Gasteiger charge is -2.20. The lowest BCUT2D eigenvalue weighted by molar-refractivity contribution is 0.204. The molecule has 3 nitrogen and oxygen atoms in total. The molecule has 1 saturated carbocycles. The zero-order chi connectivity index (χ0) is 13.2. The summed E-state index contributed by atoms with van der Waals surface area (Å²) >= 11 is 6.02. The Morgan fingerprint density at radius 1 is 1.50 bits per heavy atom. The Morgan fingerprint density at radius 2 is 2.22 bits per heavy atom. The SMILES string of the molecule is COc1ccc(Cl)cc1C(C)NCC1(CO)CC1. The molecule has 1 aromatic rings. The van der Waals surface area contributed by atoms with Crippen molar-refractivity contribution < 1.29 is 9.84 Å². The second-order valence-electron chi connectivity index (χ2n) is 5.15. The molecule has 0 amide bonds. The largest absolute Gasteiger partial charge is 0.496 e. The molecular weight excluding hydrogens is 250 g/mol. The molecule has 0 heterocycles. The van der Waals surface area contributed by atoms with Crippen molar-refractivity contribution in [3.05, 3.63) is 28.8 Å². The molecule has 1 atom stereocenters. The van der Waals surface area contributed by atoms with Crippen LogP contribution in [0.3, 0.4) is 0 Å². The van der Waals surface area contributed by atoms with Gasteiger partial charge in [0.15, 0.2) is 0 Å². The van der Waals surface area contributed by atoms with Gasteiger partial charge in [-0.05, 0) is 38.0 Å². The van der Waals surface area contributed by atoms with E-state index in [4.69, 9.17) is 16.3 Å². The number of methoxy groups -OCH3 is 1. The van der Waals surface area contributed by atoms with Gasteiger partial charge >= 0.3 is 0 Å². The maximum absolute atomic E-state index is 9.30. The summed E-state index contributed by atoms with van der Waals surface area (Å²) in [5, 5.41) is 13.5. The van der Waals surface area contributed by atoms with Gasteiger partial charge in [0, 0.05) is 35.2 Å². The molecule has 0 saturated heterocycles. The average Bonchev–Trinajstić information content (AvgIpc) is 3.16. The van der Waals surface area contributed by atoms with Crippen LogP contribution in [-0.2, 0) is 0 Å². The van der Waals surface area contributed by atoms with Crippen LogP contribution in [0.5, 0.6) is 5.75 Å². The molecule has 0 radical (unpaired) electrons. The molecule has 1 fully saturated rings. The van der Waals surface area contributed by atoms with Crippen LogP contribution in [0.1, 0.15) is 31.4 Å². The van der Waals surface area contributed by atoms with Crippen LogP contribution in [0.2, 0.25) is 5.02 Å². The number of hydrogen-bond acceptors (Lipinski definition) is 3. The van der Waals surface area contributed by atoms with Gasteiger partial charge in [-0.2, -0.15) is 0 Å². The average molecular weight is 270 g/mol. The minimum atomic E-state index is 0.111. The van der Waals surface area contributed by atoms with Crippen LogP contribution >= 0.6 is 11.6 Å². The van der Waals surface area contributed by atoms with Crippen molar-refractivity contribution in [3.8, 4) is 5.75 Å². The fourth-order valence-electron chi connectivity index (χ4n) is 2.09. The van der Waals surface area contributed by atoms with E-state index in [1.54, 1.807) is 7.11 Å². The molecule has 1 aromatic carbocycles.